The van der Waals surface area contributed by atoms with Gasteiger partial charge in [-0.1, -0.05) is 4.90 Å². The summed E-state index contributed by atoms with van der Waals surface area (Å²) in [6.07, 6.45) is 1.51. The second-order valence-electron chi connectivity index (χ2n) is 1.93. The lowest BCUT2D eigenvalue weighted by molar-refractivity contribution is -0.783. The van der Waals surface area contributed by atoms with Gasteiger partial charge in [0.15, 0.2) is 0 Å². The first-order valence-electron chi connectivity index (χ1n) is 2.78. The average Bonchev–Trinajstić information content (AvgIpc) is 2.32. The molecular formula is C5H2BrN3O2. The van der Waals surface area contributed by atoms with Gasteiger partial charge in [0.05, 0.1) is 4.47 Å². The number of aromatic nitrogens is 3. The third kappa shape index (κ3) is 0.949. The van der Waals surface area contributed by atoms with Gasteiger partial charge >= 0.3 is 5.65 Å². The number of hydrogen-bond acceptors (Lipinski definition) is 4. The fourth-order valence-corrected chi connectivity index (χ4v) is 1.07. The molecule has 2 heterocycles. The lowest BCUT2D eigenvalue weighted by atomic mass is 10.4. The minimum Gasteiger partial charge on any atom is -0.391 e. The molecule has 0 aliphatic heterocycles. The number of pyridine rings is 1. The molecule has 0 radical (unpaired) electrons. The molecule has 0 spiro atoms. The molecule has 0 saturated carbocycles. The largest absolute Gasteiger partial charge is 0.391 e. The van der Waals surface area contributed by atoms with Gasteiger partial charge in [-0.3, -0.25) is 0 Å². The molecular weight excluding hydrogens is 214 g/mol. The van der Waals surface area contributed by atoms with E-state index in [9.17, 15) is 5.21 Å². The molecule has 0 bridgehead atoms. The van der Waals surface area contributed by atoms with Crippen LogP contribution < -0.4 is 4.90 Å². The smallest absolute Gasteiger partial charge is 0.341 e. The van der Waals surface area contributed by atoms with Crippen molar-refractivity contribution >= 4 is 27.1 Å². The first-order chi connectivity index (χ1) is 5.27. The van der Waals surface area contributed by atoms with Crippen molar-refractivity contribution < 1.29 is 9.53 Å². The van der Waals surface area contributed by atoms with Crippen molar-refractivity contribution in [2.24, 2.45) is 0 Å². The third-order valence-corrected chi connectivity index (χ3v) is 1.63. The maximum Gasteiger partial charge on any atom is 0.341 e. The molecule has 2 aromatic heterocycles. The van der Waals surface area contributed by atoms with Gasteiger partial charge < -0.3 is 9.84 Å². The van der Waals surface area contributed by atoms with Crippen LogP contribution >= 0.6 is 15.9 Å². The highest BCUT2D eigenvalue weighted by Gasteiger charge is 2.09. The molecule has 0 atom stereocenters. The third-order valence-electron chi connectivity index (χ3n) is 1.20. The summed E-state index contributed by atoms with van der Waals surface area (Å²) >= 11 is 3.19. The van der Waals surface area contributed by atoms with Gasteiger partial charge in [-0.05, 0) is 21.1 Å². The Balaban J connectivity index is 2.86. The Kier molecular flexibility index (Phi) is 1.28. The highest BCUT2D eigenvalue weighted by molar-refractivity contribution is 9.10. The number of hydrogen-bond donors (Lipinski definition) is 0. The minimum absolute atomic E-state index is 0.188. The minimum atomic E-state index is 0.188. The number of rotatable bonds is 0. The van der Waals surface area contributed by atoms with E-state index in [0.29, 0.717) is 5.52 Å². The zero-order valence-corrected chi connectivity index (χ0v) is 6.78. The van der Waals surface area contributed by atoms with Crippen molar-refractivity contribution in [3.8, 4) is 0 Å². The van der Waals surface area contributed by atoms with E-state index in [4.69, 9.17) is 0 Å². The number of fused-ring (bicyclic) bond motifs is 1. The predicted octanol–water partition coefficient (Wildman–Crippen LogP) is 0.619. The van der Waals surface area contributed by atoms with Gasteiger partial charge in [-0.2, -0.15) is 0 Å². The molecule has 0 unspecified atom stereocenters. The maximum absolute atomic E-state index is 10.7. The molecule has 0 aromatic carbocycles. The van der Waals surface area contributed by atoms with Crippen molar-refractivity contribution in [2.45, 2.75) is 0 Å². The second-order valence-corrected chi connectivity index (χ2v) is 2.84. The Labute approximate surface area is 69.3 Å². The van der Waals surface area contributed by atoms with Crippen LogP contribution in [0.4, 0.5) is 0 Å². The molecule has 0 saturated heterocycles. The summed E-state index contributed by atoms with van der Waals surface area (Å²) in [5.74, 6) is 0. The summed E-state index contributed by atoms with van der Waals surface area (Å²) in [6, 6.07) is 1.65. The average molecular weight is 216 g/mol. The second kappa shape index (κ2) is 2.16. The molecule has 0 amide bonds. The normalized spacial score (nSPS) is 10.6. The number of halogens is 1. The molecule has 0 aliphatic carbocycles. The van der Waals surface area contributed by atoms with Gasteiger partial charge in [0.25, 0.3) is 0 Å². The molecule has 0 fully saturated rings. The Bertz CT molecular complexity index is 400. The highest BCUT2D eigenvalue weighted by atomic mass is 79.9. The van der Waals surface area contributed by atoms with E-state index in [2.05, 4.69) is 30.7 Å². The van der Waals surface area contributed by atoms with Gasteiger partial charge in [-0.15, -0.1) is 4.98 Å². The van der Waals surface area contributed by atoms with Crippen molar-refractivity contribution in [3.05, 3.63) is 21.9 Å². The van der Waals surface area contributed by atoms with Crippen LogP contribution in [0.15, 0.2) is 21.4 Å². The van der Waals surface area contributed by atoms with E-state index in [1.807, 2.05) is 0 Å². The number of nitrogens with zero attached hydrogens (tertiary/aromatic N) is 3. The Morgan fingerprint density at radius 1 is 1.64 bits per heavy atom. The van der Waals surface area contributed by atoms with Gasteiger partial charge in [-0.25, -0.2) is 0 Å². The SMILES string of the molecule is [O-][n+]1onc2cc(Br)cnc21. The van der Waals surface area contributed by atoms with Crippen LogP contribution in [0.5, 0.6) is 0 Å². The summed E-state index contributed by atoms with van der Waals surface area (Å²) in [6.45, 7) is 0. The van der Waals surface area contributed by atoms with Crippen molar-refractivity contribution in [1.29, 1.82) is 0 Å². The molecule has 2 aromatic rings. The summed E-state index contributed by atoms with van der Waals surface area (Å²) in [4.78, 5) is 4.05. The van der Waals surface area contributed by atoms with Crippen molar-refractivity contribution in [2.75, 3.05) is 0 Å². The summed E-state index contributed by atoms with van der Waals surface area (Å²) in [5, 5.41) is 14.2. The zero-order valence-electron chi connectivity index (χ0n) is 5.19. The van der Waals surface area contributed by atoms with Crippen LogP contribution in [0.25, 0.3) is 11.2 Å². The molecule has 11 heavy (non-hydrogen) atoms. The molecule has 0 N–H and O–H groups in total. The Hall–Kier alpha value is -1.17. The molecule has 5 nitrogen and oxygen atoms in total. The van der Waals surface area contributed by atoms with E-state index >= 15 is 0 Å². The Morgan fingerprint density at radius 2 is 2.45 bits per heavy atom. The molecule has 56 valence electrons. The lowest BCUT2D eigenvalue weighted by Gasteiger charge is -1.84. The van der Waals surface area contributed by atoms with E-state index < -0.39 is 0 Å². The fourth-order valence-electron chi connectivity index (χ4n) is 0.749. The standard InChI is InChI=1S/C5H2BrN3O2/c6-3-1-4-5(7-2-3)9(10)11-8-4/h1-2H. The van der Waals surface area contributed by atoms with Gasteiger partial charge in [0, 0.05) is 6.07 Å². The van der Waals surface area contributed by atoms with E-state index in [1.54, 1.807) is 6.07 Å². The zero-order chi connectivity index (χ0) is 7.84. The first-order valence-corrected chi connectivity index (χ1v) is 3.57. The van der Waals surface area contributed by atoms with Crippen LogP contribution in [0, 0.1) is 5.21 Å². The van der Waals surface area contributed by atoms with Crippen LogP contribution in [0.2, 0.25) is 0 Å². The first kappa shape index (κ1) is 6.53. The van der Waals surface area contributed by atoms with E-state index in [0.717, 1.165) is 4.47 Å². The summed E-state index contributed by atoms with van der Waals surface area (Å²) < 4.78 is 5.06. The highest BCUT2D eigenvalue weighted by Crippen LogP contribution is 2.11. The van der Waals surface area contributed by atoms with Crippen LogP contribution in [0.3, 0.4) is 0 Å². The topological polar surface area (TPSA) is 65.9 Å². The van der Waals surface area contributed by atoms with Crippen LogP contribution in [0.1, 0.15) is 0 Å². The monoisotopic (exact) mass is 215 g/mol. The summed E-state index contributed by atoms with van der Waals surface area (Å²) in [5.41, 5.74) is 0.627. The van der Waals surface area contributed by atoms with Crippen molar-refractivity contribution in [1.82, 2.24) is 10.1 Å². The van der Waals surface area contributed by atoms with Gasteiger partial charge in [0.2, 0.25) is 5.52 Å². The van der Waals surface area contributed by atoms with Gasteiger partial charge in [0.1, 0.15) is 6.20 Å². The molecule has 6 heteroatoms. The van der Waals surface area contributed by atoms with Crippen LogP contribution in [-0.2, 0) is 0 Å². The van der Waals surface area contributed by atoms with E-state index in [1.165, 1.54) is 6.20 Å². The predicted molar refractivity (Wildman–Crippen MR) is 38.5 cm³/mol. The lowest BCUT2D eigenvalue weighted by Crippen LogP contribution is -2.23. The Morgan fingerprint density at radius 3 is 3.27 bits per heavy atom. The fraction of sp³-hybridized carbons (Fsp3) is 0. The molecule has 2 rings (SSSR count). The van der Waals surface area contributed by atoms with Crippen LogP contribution in [-0.4, -0.2) is 10.1 Å². The molecule has 0 aliphatic rings. The summed E-state index contributed by atoms with van der Waals surface area (Å²) in [7, 11) is 0. The van der Waals surface area contributed by atoms with Crippen molar-refractivity contribution in [3.63, 3.8) is 0 Å². The van der Waals surface area contributed by atoms with E-state index in [-0.39, 0.29) is 10.6 Å². The quantitative estimate of drug-likeness (QED) is 0.605. The maximum atomic E-state index is 10.7.